The van der Waals surface area contributed by atoms with Gasteiger partial charge in [0, 0.05) is 0 Å². The summed E-state index contributed by atoms with van der Waals surface area (Å²) in [5.74, 6) is 0. The highest BCUT2D eigenvalue weighted by molar-refractivity contribution is 8.24. The van der Waals surface area contributed by atoms with Crippen LogP contribution in [0.1, 0.15) is 0 Å². The standard InChI is InChI=1S/CH4S2Si/c1-4(2)3/h2H,1H3. The van der Waals surface area contributed by atoms with Crippen molar-refractivity contribution in [1.82, 2.24) is 0 Å². The van der Waals surface area contributed by atoms with Crippen LogP contribution in [0, 0.1) is 0 Å². The van der Waals surface area contributed by atoms with E-state index in [9.17, 15) is 0 Å². The van der Waals surface area contributed by atoms with Crippen molar-refractivity contribution in [2.24, 2.45) is 0 Å². The van der Waals surface area contributed by atoms with Crippen molar-refractivity contribution < 1.29 is 0 Å². The molecule has 0 aromatic rings. The van der Waals surface area contributed by atoms with Crippen LogP contribution in [-0.4, -0.2) is 6.65 Å². The predicted molar refractivity (Wildman–Crippen MR) is 28.2 cm³/mol. The molecule has 0 atom stereocenters. The Balaban J connectivity index is 2.80. The quantitative estimate of drug-likeness (QED) is 0.360. The predicted octanol–water partition coefficient (Wildman–Crippen LogP) is 1.23. The molecule has 24 valence electrons. The summed E-state index contributed by atoms with van der Waals surface area (Å²) in [6.45, 7) is 1.35. The van der Waals surface area contributed by atoms with Crippen molar-refractivity contribution in [2.45, 2.75) is 6.55 Å². The molecular formula is CH4S2Si. The van der Waals surface area contributed by atoms with E-state index in [1.54, 1.807) is 0 Å². The number of hydrogen-bond acceptors (Lipinski definition) is 1. The van der Waals surface area contributed by atoms with Crippen LogP contribution >= 0.6 is 23.7 Å². The van der Waals surface area contributed by atoms with E-state index in [2.05, 4.69) is 23.7 Å². The van der Waals surface area contributed by atoms with Gasteiger partial charge in [-0.2, -0.15) is 12.1 Å². The fourth-order valence-electron chi connectivity index (χ4n) is 0. The third-order valence-electron chi connectivity index (χ3n) is 0. The molecule has 0 saturated carbocycles. The minimum Gasteiger partial charge on any atom is -0.168 e. The lowest BCUT2D eigenvalue weighted by molar-refractivity contribution is 2.37. The molecule has 0 aromatic heterocycles. The van der Waals surface area contributed by atoms with E-state index in [1.807, 2.05) is 6.55 Å². The maximum atomic E-state index is 4.59. The van der Waals surface area contributed by atoms with Crippen molar-refractivity contribution in [3.05, 3.63) is 0 Å². The molecule has 0 fully saturated rings. The lowest BCUT2D eigenvalue weighted by Gasteiger charge is -1.56. The number of rotatable bonds is 0. The molecule has 0 aromatic carbocycles. The van der Waals surface area contributed by atoms with Gasteiger partial charge in [0.1, 0.15) is 0 Å². The van der Waals surface area contributed by atoms with E-state index in [1.165, 1.54) is 0 Å². The van der Waals surface area contributed by atoms with Gasteiger partial charge in [0.2, 0.25) is 0 Å². The van der Waals surface area contributed by atoms with Gasteiger partial charge in [-0.05, 0) is 6.55 Å². The van der Waals surface area contributed by atoms with Crippen LogP contribution in [-0.2, 0) is 0 Å². The molecule has 0 aliphatic rings. The highest BCUT2D eigenvalue weighted by atomic mass is 32.4. The lowest BCUT2D eigenvalue weighted by atomic mass is 11.9. The topological polar surface area (TPSA) is 0 Å². The molecule has 3 heteroatoms. The third-order valence-corrected chi connectivity index (χ3v) is 0. The lowest BCUT2D eigenvalue weighted by Crippen LogP contribution is -1.60. The molecular weight excluding hydrogens is 104 g/mol. The van der Waals surface area contributed by atoms with E-state index >= 15 is 0 Å². The Labute approximate surface area is 37.4 Å². The second-order valence-corrected chi connectivity index (χ2v) is 6.31. The number of hydrogen-bond donors (Lipinski definition) is 1. The first-order valence-corrected chi connectivity index (χ1v) is 5.35. The van der Waals surface area contributed by atoms with Gasteiger partial charge in [-0.1, -0.05) is 0 Å². The first kappa shape index (κ1) is 4.79. The Morgan fingerprint density at radius 2 is 2.00 bits per heavy atom. The number of thiol groups is 1. The van der Waals surface area contributed by atoms with Gasteiger partial charge in [-0.25, -0.2) is 0 Å². The largest absolute Gasteiger partial charge is 0.168 e. The molecule has 0 heterocycles. The minimum absolute atomic E-state index is 0.602. The van der Waals surface area contributed by atoms with Crippen molar-refractivity contribution in [1.29, 1.82) is 0 Å². The van der Waals surface area contributed by atoms with E-state index in [0.29, 0.717) is 0 Å². The second-order valence-electron chi connectivity index (χ2n) is 0.519. The van der Waals surface area contributed by atoms with Crippen LogP contribution in [0.15, 0.2) is 0 Å². The minimum atomic E-state index is -0.602. The van der Waals surface area contributed by atoms with E-state index in [-0.39, 0.29) is 0 Å². The highest BCUT2D eigenvalue weighted by Gasteiger charge is 1.61. The van der Waals surface area contributed by atoms with Crippen LogP contribution in [0.25, 0.3) is 0 Å². The fraction of sp³-hybridized carbons (Fsp3) is 1.00. The summed E-state index contributed by atoms with van der Waals surface area (Å²) in [7, 11) is 0. The van der Waals surface area contributed by atoms with Crippen LogP contribution < -0.4 is 0 Å². The average molecular weight is 108 g/mol. The maximum absolute atomic E-state index is 4.59. The first-order chi connectivity index (χ1) is 1.73. The summed E-state index contributed by atoms with van der Waals surface area (Å²) >= 11 is 8.47. The zero-order valence-electron chi connectivity index (χ0n) is 2.36. The van der Waals surface area contributed by atoms with Crippen LogP contribution in [0.2, 0.25) is 6.55 Å². The molecule has 0 nitrogen and oxygen atoms in total. The summed E-state index contributed by atoms with van der Waals surface area (Å²) in [4.78, 5) is 0. The van der Waals surface area contributed by atoms with Crippen molar-refractivity contribution in [3.8, 4) is 0 Å². The molecule has 0 amide bonds. The first-order valence-electron chi connectivity index (χ1n) is 0.928. The average Bonchev–Trinajstić information content (AvgIpc) is 0.811. The molecule has 0 spiro atoms. The summed E-state index contributed by atoms with van der Waals surface area (Å²) in [5.41, 5.74) is 0. The van der Waals surface area contributed by atoms with Crippen LogP contribution in [0.4, 0.5) is 0 Å². The summed E-state index contributed by atoms with van der Waals surface area (Å²) < 4.78 is 0. The Bertz CT molecular complexity index is 29.0. The van der Waals surface area contributed by atoms with Crippen LogP contribution in [0.3, 0.4) is 0 Å². The Morgan fingerprint density at radius 3 is 2.00 bits per heavy atom. The summed E-state index contributed by atoms with van der Waals surface area (Å²) in [6.07, 6.45) is 0. The van der Waals surface area contributed by atoms with Crippen molar-refractivity contribution >= 4 is 30.4 Å². The van der Waals surface area contributed by atoms with Gasteiger partial charge >= 0.3 is 0 Å². The molecule has 0 rings (SSSR count). The molecule has 0 radical (unpaired) electrons. The molecule has 0 bridgehead atoms. The Morgan fingerprint density at radius 1 is 2.00 bits per heavy atom. The van der Waals surface area contributed by atoms with Gasteiger partial charge in [0.25, 0.3) is 0 Å². The van der Waals surface area contributed by atoms with E-state index in [4.69, 9.17) is 0 Å². The Kier molecular flexibility index (Phi) is 2.45. The normalized spacial score (nSPS) is 6.50. The van der Waals surface area contributed by atoms with Crippen molar-refractivity contribution in [2.75, 3.05) is 0 Å². The van der Waals surface area contributed by atoms with Crippen LogP contribution in [0.5, 0.6) is 0 Å². The van der Waals surface area contributed by atoms with E-state index in [0.717, 1.165) is 0 Å². The molecule has 0 aliphatic heterocycles. The van der Waals surface area contributed by atoms with Gasteiger partial charge in [0.15, 0.2) is 6.65 Å². The third kappa shape index (κ3) is 14.4. The highest BCUT2D eigenvalue weighted by Crippen LogP contribution is 1.71. The molecule has 0 unspecified atom stereocenters. The smallest absolute Gasteiger partial charge is 0.155 e. The maximum Gasteiger partial charge on any atom is 0.155 e. The Hall–Kier alpha value is 0.787. The molecule has 0 N–H and O–H groups in total. The van der Waals surface area contributed by atoms with Gasteiger partial charge < -0.3 is 0 Å². The van der Waals surface area contributed by atoms with Crippen molar-refractivity contribution in [3.63, 3.8) is 0 Å². The van der Waals surface area contributed by atoms with Gasteiger partial charge in [-0.3, -0.25) is 0 Å². The molecule has 0 aliphatic carbocycles. The monoisotopic (exact) mass is 108 g/mol. The van der Waals surface area contributed by atoms with Gasteiger partial charge in [0.05, 0.1) is 0 Å². The summed E-state index contributed by atoms with van der Waals surface area (Å²) in [6, 6.07) is 0. The zero-order valence-corrected chi connectivity index (χ0v) is 5.07. The van der Waals surface area contributed by atoms with E-state index < -0.39 is 6.65 Å². The SMILES string of the molecule is C[Si](=S)S. The second kappa shape index (κ2) is 2.05. The zero-order chi connectivity index (χ0) is 3.58. The molecule has 0 saturated heterocycles. The molecule has 4 heavy (non-hydrogen) atoms. The summed E-state index contributed by atoms with van der Waals surface area (Å²) in [5, 5.41) is 0. The fourth-order valence-corrected chi connectivity index (χ4v) is 0. The van der Waals surface area contributed by atoms with Gasteiger partial charge in [-0.15, -0.1) is 11.6 Å².